The fourth-order valence-electron chi connectivity index (χ4n) is 10.6. The molecule has 3 amide bonds. The first-order valence-electron chi connectivity index (χ1n) is 21.9. The minimum Gasteiger partial charge on any atom is -0.465 e. The van der Waals surface area contributed by atoms with Gasteiger partial charge in [0, 0.05) is 25.2 Å². The van der Waals surface area contributed by atoms with Crippen molar-refractivity contribution in [2.24, 2.45) is 11.8 Å². The summed E-state index contributed by atoms with van der Waals surface area (Å²) in [6.07, 6.45) is 7.59. The molecule has 3 unspecified atom stereocenters. The molecule has 3 fully saturated rings. The van der Waals surface area contributed by atoms with Crippen LogP contribution in [0.5, 0.6) is 0 Å². The zero-order chi connectivity index (χ0) is 42.5. The summed E-state index contributed by atoms with van der Waals surface area (Å²) in [7, 11) is 5.42. The minimum atomic E-state index is -1.10. The molecule has 1 aliphatic carbocycles. The van der Waals surface area contributed by atoms with Gasteiger partial charge in [0.15, 0.2) is 0 Å². The second kappa shape index (κ2) is 16.5. The average molecular weight is 821 g/mol. The number of carbonyl (C=O) groups is 3. The molecule has 6 atom stereocenters. The Morgan fingerprint density at radius 1 is 0.770 bits per heavy atom. The van der Waals surface area contributed by atoms with Gasteiger partial charge < -0.3 is 24.9 Å². The third kappa shape index (κ3) is 7.55. The van der Waals surface area contributed by atoms with E-state index < -0.39 is 12.1 Å². The van der Waals surface area contributed by atoms with Crippen LogP contribution in [0.25, 0.3) is 44.2 Å². The van der Waals surface area contributed by atoms with Crippen LogP contribution in [-0.2, 0) is 9.59 Å². The van der Waals surface area contributed by atoms with Crippen molar-refractivity contribution in [3.8, 4) is 22.4 Å². The van der Waals surface area contributed by atoms with Crippen LogP contribution < -0.4 is 0 Å². The molecule has 0 spiro atoms. The fraction of sp³-hybridized carbons (Fsp3) is 0.408. The molecule has 316 valence electrons. The Balaban J connectivity index is 0.942. The van der Waals surface area contributed by atoms with Crippen LogP contribution in [0.3, 0.4) is 0 Å². The van der Waals surface area contributed by atoms with Crippen LogP contribution in [0.15, 0.2) is 91.1 Å². The van der Waals surface area contributed by atoms with E-state index in [0.717, 1.165) is 106 Å². The molecule has 4 heterocycles. The lowest BCUT2D eigenvalue weighted by molar-refractivity contribution is -0.141. The van der Waals surface area contributed by atoms with Crippen molar-refractivity contribution in [1.82, 2.24) is 39.5 Å². The van der Waals surface area contributed by atoms with E-state index in [0.29, 0.717) is 12.5 Å². The van der Waals surface area contributed by atoms with Gasteiger partial charge in [-0.2, -0.15) is 0 Å². The molecule has 4 aromatic carbocycles. The highest BCUT2D eigenvalue weighted by Gasteiger charge is 2.49. The highest BCUT2D eigenvalue weighted by Crippen LogP contribution is 2.47. The molecular weight excluding hydrogens is 765 g/mol. The number of hydrogen-bond acceptors (Lipinski definition) is 6. The van der Waals surface area contributed by atoms with E-state index in [-0.39, 0.29) is 41.9 Å². The number of nitrogens with one attached hydrogen (secondary N) is 2. The third-order valence-corrected chi connectivity index (χ3v) is 13.6. The average Bonchev–Trinajstić information content (AvgIpc) is 4.08. The molecule has 0 bridgehead atoms. The number of H-pyrrole nitrogens is 2. The van der Waals surface area contributed by atoms with E-state index in [9.17, 15) is 19.5 Å². The van der Waals surface area contributed by atoms with Gasteiger partial charge in [-0.1, -0.05) is 87.4 Å². The van der Waals surface area contributed by atoms with Crippen LogP contribution in [0.1, 0.15) is 94.1 Å². The summed E-state index contributed by atoms with van der Waals surface area (Å²) in [4.78, 5) is 64.6. The molecule has 3 aliphatic rings. The van der Waals surface area contributed by atoms with E-state index >= 15 is 0 Å². The molecule has 2 aliphatic heterocycles. The van der Waals surface area contributed by atoms with E-state index in [1.54, 1.807) is 0 Å². The fourth-order valence-corrected chi connectivity index (χ4v) is 10.6. The predicted molar refractivity (Wildman–Crippen MR) is 238 cm³/mol. The van der Waals surface area contributed by atoms with E-state index in [1.165, 1.54) is 11.9 Å². The molecule has 9 rings (SSSR count). The largest absolute Gasteiger partial charge is 0.465 e. The Labute approximate surface area is 357 Å². The number of aromatic nitrogens is 4. The third-order valence-electron chi connectivity index (χ3n) is 13.6. The molecule has 61 heavy (non-hydrogen) atoms. The summed E-state index contributed by atoms with van der Waals surface area (Å²) < 4.78 is 0. The number of imidazole rings is 2. The number of aromatic amines is 2. The smallest absolute Gasteiger partial charge is 0.407 e. The van der Waals surface area contributed by atoms with Crippen LogP contribution in [0.2, 0.25) is 0 Å². The minimum absolute atomic E-state index is 0.0869. The zero-order valence-corrected chi connectivity index (χ0v) is 35.7. The summed E-state index contributed by atoms with van der Waals surface area (Å²) >= 11 is 0. The normalized spacial score (nSPS) is 21.4. The lowest BCUT2D eigenvalue weighted by Crippen LogP contribution is -2.54. The van der Waals surface area contributed by atoms with Gasteiger partial charge in [0.05, 0.1) is 35.0 Å². The molecule has 2 saturated heterocycles. The number of carboxylic acid groups (broad SMARTS) is 1. The summed E-state index contributed by atoms with van der Waals surface area (Å²) in [6.45, 7) is 4.53. The van der Waals surface area contributed by atoms with Crippen molar-refractivity contribution >= 4 is 39.7 Å². The van der Waals surface area contributed by atoms with E-state index in [2.05, 4.69) is 64.6 Å². The van der Waals surface area contributed by atoms with Gasteiger partial charge >= 0.3 is 6.09 Å². The summed E-state index contributed by atoms with van der Waals surface area (Å²) in [6, 6.07) is 27.8. The van der Waals surface area contributed by atoms with Gasteiger partial charge in [0.1, 0.15) is 23.7 Å². The maximum atomic E-state index is 14.3. The van der Waals surface area contributed by atoms with Crippen LogP contribution in [0.4, 0.5) is 4.79 Å². The second-order valence-electron chi connectivity index (χ2n) is 18.0. The molecular formula is C49H56N8O4. The SMILES string of the molecule is CC(C)C(C(=O)N1[C@H](c2ncc(-c3ccc4cc(-c5ccc6nc(C7CCCN7C(=O)C(c7ccccc7)N(C)C)[nH]c6c5)ccc4c3)[nH]2)C[C@@H]2CCCC[C@@H]21)N(C)C(=O)O. The van der Waals surface area contributed by atoms with Gasteiger partial charge in [-0.05, 0) is 110 Å². The van der Waals surface area contributed by atoms with Gasteiger partial charge in [-0.25, -0.2) is 14.8 Å². The maximum absolute atomic E-state index is 14.3. The standard InChI is InChI=1S/C49H56N8O4/c1-29(2)43(55(5)49(60)61)48(59)57-40-15-10-9-14-36(40)27-42(57)45-50-28-39(53-45)35-20-19-31-24-32(17-18-33(31)25-35)34-21-22-37-38(26-34)52-46(51-37)41-16-11-23-56(41)47(58)44(54(3)4)30-12-7-6-8-13-30/h6-8,12-13,17-22,24-26,28-29,36,40-44H,9-11,14-16,23,27H2,1-5H3,(H,50,53)(H,51,52)(H,60,61)/t36-,40-,41?,42-,43?,44?/m0/s1. The molecule has 12 heteroatoms. The van der Waals surface area contributed by atoms with Crippen LogP contribution >= 0.6 is 0 Å². The molecule has 1 saturated carbocycles. The number of rotatable bonds is 10. The van der Waals surface area contributed by atoms with Crippen molar-refractivity contribution in [2.75, 3.05) is 27.7 Å². The van der Waals surface area contributed by atoms with Crippen molar-refractivity contribution in [1.29, 1.82) is 0 Å². The number of carbonyl (C=O) groups excluding carboxylic acids is 2. The summed E-state index contributed by atoms with van der Waals surface area (Å²) in [5.74, 6) is 1.75. The monoisotopic (exact) mass is 820 g/mol. The van der Waals surface area contributed by atoms with Crippen molar-refractivity contribution in [3.63, 3.8) is 0 Å². The number of likely N-dealkylation sites (N-methyl/N-ethyl adjacent to an activating group) is 2. The first-order chi connectivity index (χ1) is 29.5. The molecule has 2 aromatic heterocycles. The number of amides is 3. The van der Waals surface area contributed by atoms with Gasteiger partial charge in [-0.15, -0.1) is 0 Å². The molecule has 3 N–H and O–H groups in total. The Morgan fingerprint density at radius 2 is 1.48 bits per heavy atom. The van der Waals surface area contributed by atoms with Crippen molar-refractivity contribution in [2.45, 2.75) is 89.0 Å². The highest BCUT2D eigenvalue weighted by atomic mass is 16.4. The number of nitrogens with zero attached hydrogens (tertiary/aromatic N) is 6. The van der Waals surface area contributed by atoms with Crippen LogP contribution in [0, 0.1) is 11.8 Å². The lowest BCUT2D eigenvalue weighted by atomic mass is 9.84. The quantitative estimate of drug-likeness (QED) is 0.125. The van der Waals surface area contributed by atoms with Gasteiger partial charge in [-0.3, -0.25) is 19.4 Å². The number of likely N-dealkylation sites (tertiary alicyclic amines) is 2. The van der Waals surface area contributed by atoms with Gasteiger partial charge in [0.25, 0.3) is 0 Å². The van der Waals surface area contributed by atoms with Crippen molar-refractivity contribution < 1.29 is 19.5 Å². The molecule has 12 nitrogen and oxygen atoms in total. The highest BCUT2D eigenvalue weighted by molar-refractivity contribution is 5.92. The number of hydrogen-bond donors (Lipinski definition) is 3. The Bertz CT molecular complexity index is 2580. The predicted octanol–water partition coefficient (Wildman–Crippen LogP) is 9.21. The molecule has 6 aromatic rings. The second-order valence-corrected chi connectivity index (χ2v) is 18.0. The Kier molecular flexibility index (Phi) is 10.9. The van der Waals surface area contributed by atoms with Crippen molar-refractivity contribution in [3.05, 3.63) is 108 Å². The first kappa shape index (κ1) is 40.4. The van der Waals surface area contributed by atoms with E-state index in [4.69, 9.17) is 9.97 Å². The lowest BCUT2D eigenvalue weighted by Gasteiger charge is -2.38. The van der Waals surface area contributed by atoms with Crippen LogP contribution in [-0.4, -0.2) is 102 Å². The van der Waals surface area contributed by atoms with Gasteiger partial charge in [0.2, 0.25) is 11.8 Å². The number of benzene rings is 4. The summed E-state index contributed by atoms with van der Waals surface area (Å²) in [5, 5.41) is 12.1. The molecule has 0 radical (unpaired) electrons. The zero-order valence-electron chi connectivity index (χ0n) is 35.7. The Morgan fingerprint density at radius 3 is 2.21 bits per heavy atom. The maximum Gasteiger partial charge on any atom is 0.407 e. The topological polar surface area (TPSA) is 142 Å². The van der Waals surface area contributed by atoms with E-state index in [1.807, 2.05) is 79.2 Å². The first-order valence-corrected chi connectivity index (χ1v) is 21.9. The summed E-state index contributed by atoms with van der Waals surface area (Å²) in [5.41, 5.74) is 6.87. The number of fused-ring (bicyclic) bond motifs is 3. The Hall–Kier alpha value is -6.01.